The lowest BCUT2D eigenvalue weighted by atomic mass is 10.0. The molecule has 68 heavy (non-hydrogen) atoms. The van der Waals surface area contributed by atoms with Gasteiger partial charge in [-0.25, -0.2) is 9.78 Å². The number of carbonyl (C=O) groups excluding carboxylic acids is 5. The van der Waals surface area contributed by atoms with Gasteiger partial charge >= 0.3 is 30.0 Å². The van der Waals surface area contributed by atoms with E-state index < -0.39 is 23.9 Å². The number of alkyl carbamates (subject to hydrolysis) is 1. The number of hydrogen-bond donors (Lipinski definition) is 1. The predicted octanol–water partition coefficient (Wildman–Crippen LogP) is 13.0. The van der Waals surface area contributed by atoms with Gasteiger partial charge in [0.1, 0.15) is 32.0 Å². The van der Waals surface area contributed by atoms with Crippen LogP contribution in [0.5, 0.6) is 0 Å². The first kappa shape index (κ1) is 61.3. The van der Waals surface area contributed by atoms with Crippen molar-refractivity contribution in [1.82, 2.24) is 14.9 Å². The molecule has 1 heterocycles. The van der Waals surface area contributed by atoms with E-state index in [1.807, 2.05) is 10.8 Å². The van der Waals surface area contributed by atoms with Crippen molar-refractivity contribution in [3.8, 4) is 0 Å². The second-order valence-electron chi connectivity index (χ2n) is 17.5. The molecule has 0 spiro atoms. The number of unbranched alkanes of at least 4 members (excludes halogenated alkanes) is 8. The zero-order chi connectivity index (χ0) is 49.6. The molecule has 1 N–H and O–H groups in total. The van der Waals surface area contributed by atoms with Crippen LogP contribution >= 0.6 is 0 Å². The topological polar surface area (TPSA) is 161 Å². The average Bonchev–Trinajstić information content (AvgIpc) is 3.85. The molecule has 0 aliphatic rings. The van der Waals surface area contributed by atoms with Gasteiger partial charge in [0.2, 0.25) is 0 Å². The lowest BCUT2D eigenvalue weighted by Crippen LogP contribution is -2.31. The van der Waals surface area contributed by atoms with E-state index >= 15 is 0 Å². The molecule has 13 nitrogen and oxygen atoms in total. The highest BCUT2D eigenvalue weighted by Gasteiger charge is 2.19. The number of rotatable bonds is 44. The van der Waals surface area contributed by atoms with Crippen LogP contribution in [0.15, 0.2) is 67.3 Å². The summed E-state index contributed by atoms with van der Waals surface area (Å²) in [5, 5.41) is 2.72. The Kier molecular flexibility index (Phi) is 40.4. The minimum atomic E-state index is -0.616. The minimum absolute atomic E-state index is 0.0838. The van der Waals surface area contributed by atoms with Gasteiger partial charge in [-0.15, -0.1) is 0 Å². The largest absolute Gasteiger partial charge is 0.465 e. The van der Waals surface area contributed by atoms with Crippen LogP contribution in [-0.4, -0.2) is 78.1 Å². The standard InChI is InChI=1S/C55H91N3O10/c1-5-9-13-17-23-32-49(33-24-18-14-10-6-2)67-53(61)38-29-21-27-36-51(59)64-44-48(46-66-55(63)57-40-31-42-58-43-41-56-47-58)45-65-52(60)37-28-22-30-39-54(62)68-50(34-25-19-15-11-7-3)35-26-20-16-12-8-4/h9-16,41,43,47-50H,5-8,17-40,42,44-46H2,1-4H3,(H,57,63)/b13-9-,14-10-,15-11-,16-12-. The van der Waals surface area contributed by atoms with Crippen molar-refractivity contribution in [3.05, 3.63) is 67.3 Å². The fourth-order valence-electron chi connectivity index (χ4n) is 7.26. The van der Waals surface area contributed by atoms with Gasteiger partial charge in [0, 0.05) is 51.2 Å². The number of nitrogens with one attached hydrogen (secondary N) is 1. The molecule has 0 aliphatic carbocycles. The van der Waals surface area contributed by atoms with Gasteiger partial charge in [-0.05, 0) is 135 Å². The summed E-state index contributed by atoms with van der Waals surface area (Å²) in [6.07, 6.45) is 42.5. The predicted molar refractivity (Wildman–Crippen MR) is 271 cm³/mol. The fourth-order valence-corrected chi connectivity index (χ4v) is 7.26. The number of aromatic nitrogens is 2. The zero-order valence-corrected chi connectivity index (χ0v) is 42.7. The number of aryl methyl sites for hydroxylation is 1. The average molecular weight is 954 g/mol. The molecule has 13 heteroatoms. The molecule has 0 fully saturated rings. The lowest BCUT2D eigenvalue weighted by molar-refractivity contribution is -0.151. The van der Waals surface area contributed by atoms with Crippen LogP contribution in [0.2, 0.25) is 0 Å². The van der Waals surface area contributed by atoms with Crippen LogP contribution in [0.4, 0.5) is 4.79 Å². The molecule has 0 saturated heterocycles. The van der Waals surface area contributed by atoms with Crippen LogP contribution in [0.25, 0.3) is 0 Å². The normalized spacial score (nSPS) is 11.8. The summed E-state index contributed by atoms with van der Waals surface area (Å²) in [7, 11) is 0. The van der Waals surface area contributed by atoms with Gasteiger partial charge in [0.05, 0.1) is 12.2 Å². The van der Waals surface area contributed by atoms with Gasteiger partial charge in [-0.3, -0.25) is 19.2 Å². The molecular weight excluding hydrogens is 863 g/mol. The Balaban J connectivity index is 2.55. The number of imidazole rings is 1. The van der Waals surface area contributed by atoms with E-state index in [0.29, 0.717) is 70.9 Å². The summed E-state index contributed by atoms with van der Waals surface area (Å²) >= 11 is 0. The second-order valence-corrected chi connectivity index (χ2v) is 17.5. The van der Waals surface area contributed by atoms with E-state index in [9.17, 15) is 24.0 Å². The summed E-state index contributed by atoms with van der Waals surface area (Å²) in [6.45, 7) is 9.25. The molecule has 0 atom stereocenters. The SMILES string of the molecule is CC/C=C\CCCC(CCC/C=C\CC)OC(=O)CCCCCC(=O)OCC(COC(=O)CCCCCC(=O)OC(CCC/C=C\CC)CCC/C=C\CC)COC(=O)NCCCn1ccnc1. The van der Waals surface area contributed by atoms with Crippen molar-refractivity contribution < 1.29 is 47.7 Å². The third-order valence-electron chi connectivity index (χ3n) is 11.1. The molecule has 0 aromatic carbocycles. The quantitative estimate of drug-likeness (QED) is 0.0287. The fraction of sp³-hybridized carbons (Fsp3) is 0.709. The number of amides is 1. The van der Waals surface area contributed by atoms with Crippen LogP contribution in [-0.2, 0) is 49.4 Å². The maximum atomic E-state index is 12.7. The molecule has 0 radical (unpaired) electrons. The number of ether oxygens (including phenoxy) is 5. The molecule has 0 saturated carbocycles. The third-order valence-corrected chi connectivity index (χ3v) is 11.1. The summed E-state index contributed by atoms with van der Waals surface area (Å²) in [5.41, 5.74) is 0. The summed E-state index contributed by atoms with van der Waals surface area (Å²) in [5.74, 6) is -1.79. The molecule has 386 valence electrons. The van der Waals surface area contributed by atoms with E-state index in [-0.39, 0.29) is 56.8 Å². The summed E-state index contributed by atoms with van der Waals surface area (Å²) in [6, 6.07) is 0. The van der Waals surface area contributed by atoms with Crippen molar-refractivity contribution >= 4 is 30.0 Å². The highest BCUT2D eigenvalue weighted by molar-refractivity contribution is 5.71. The van der Waals surface area contributed by atoms with Gasteiger partial charge in [0.25, 0.3) is 0 Å². The molecule has 0 aliphatic heterocycles. The van der Waals surface area contributed by atoms with Crippen LogP contribution in [0.3, 0.4) is 0 Å². The number of allylic oxidation sites excluding steroid dienone is 8. The first-order valence-electron chi connectivity index (χ1n) is 26.4. The van der Waals surface area contributed by atoms with Crippen LogP contribution in [0.1, 0.15) is 201 Å². The van der Waals surface area contributed by atoms with Crippen molar-refractivity contribution in [1.29, 1.82) is 0 Å². The van der Waals surface area contributed by atoms with Crippen molar-refractivity contribution in [2.75, 3.05) is 26.4 Å². The molecule has 0 bridgehead atoms. The Morgan fingerprint density at radius 2 is 0.897 bits per heavy atom. The smallest absolute Gasteiger partial charge is 0.407 e. The van der Waals surface area contributed by atoms with Crippen molar-refractivity contribution in [2.24, 2.45) is 5.92 Å². The zero-order valence-electron chi connectivity index (χ0n) is 42.7. The number of hydrogen-bond acceptors (Lipinski definition) is 11. The highest BCUT2D eigenvalue weighted by Crippen LogP contribution is 2.18. The van der Waals surface area contributed by atoms with Gasteiger partial charge in [0.15, 0.2) is 0 Å². The van der Waals surface area contributed by atoms with E-state index in [0.717, 1.165) is 103 Å². The number of esters is 4. The molecule has 1 amide bonds. The molecular formula is C55H91N3O10. The minimum Gasteiger partial charge on any atom is -0.465 e. The van der Waals surface area contributed by atoms with Crippen LogP contribution in [0, 0.1) is 5.92 Å². The molecule has 0 unspecified atom stereocenters. The summed E-state index contributed by atoms with van der Waals surface area (Å²) in [4.78, 5) is 67.5. The Labute approximate surface area is 410 Å². The third kappa shape index (κ3) is 38.3. The molecule has 1 aromatic rings. The van der Waals surface area contributed by atoms with E-state index in [2.05, 4.69) is 86.6 Å². The van der Waals surface area contributed by atoms with E-state index in [4.69, 9.17) is 23.7 Å². The highest BCUT2D eigenvalue weighted by atomic mass is 16.6. The van der Waals surface area contributed by atoms with Gasteiger partial charge < -0.3 is 33.6 Å². The van der Waals surface area contributed by atoms with Crippen molar-refractivity contribution in [2.45, 2.75) is 220 Å². The van der Waals surface area contributed by atoms with Gasteiger partial charge in [-0.1, -0.05) is 89.1 Å². The molecule has 1 rings (SSSR count). The Morgan fingerprint density at radius 3 is 1.28 bits per heavy atom. The Hall–Kier alpha value is -4.68. The first-order chi connectivity index (χ1) is 33.2. The maximum absolute atomic E-state index is 12.7. The Bertz CT molecular complexity index is 1420. The van der Waals surface area contributed by atoms with Crippen molar-refractivity contribution in [3.63, 3.8) is 0 Å². The van der Waals surface area contributed by atoms with Crippen LogP contribution < -0.4 is 5.32 Å². The Morgan fingerprint density at radius 1 is 0.500 bits per heavy atom. The van der Waals surface area contributed by atoms with E-state index in [1.165, 1.54) is 0 Å². The van der Waals surface area contributed by atoms with Gasteiger partial charge in [-0.2, -0.15) is 0 Å². The summed E-state index contributed by atoms with van der Waals surface area (Å²) < 4.78 is 30.2. The lowest BCUT2D eigenvalue weighted by Gasteiger charge is -2.18. The second kappa shape index (κ2) is 44.8. The first-order valence-corrected chi connectivity index (χ1v) is 26.4. The molecule has 1 aromatic heterocycles. The number of carbonyl (C=O) groups is 5. The maximum Gasteiger partial charge on any atom is 0.407 e. The monoisotopic (exact) mass is 954 g/mol. The van der Waals surface area contributed by atoms with E-state index in [1.54, 1.807) is 12.5 Å². The number of nitrogens with zero attached hydrogens (tertiary/aromatic N) is 2.